The van der Waals surface area contributed by atoms with E-state index in [4.69, 9.17) is 5.11 Å². The third-order valence-electron chi connectivity index (χ3n) is 2.72. The maximum Gasteiger partial charge on any atom is 0.324 e. The number of sulfonamides is 1. The minimum absolute atomic E-state index is 0.380. The molecule has 0 atom stereocenters. The molecule has 19 heavy (non-hydrogen) atoms. The molecule has 0 aromatic heterocycles. The van der Waals surface area contributed by atoms with E-state index in [1.807, 2.05) is 12.1 Å². The third kappa shape index (κ3) is 4.90. The molecule has 0 aliphatic rings. The molecule has 0 saturated heterocycles. The van der Waals surface area contributed by atoms with Crippen LogP contribution in [-0.2, 0) is 21.2 Å². The number of aliphatic carboxylic acids is 1. The van der Waals surface area contributed by atoms with E-state index < -0.39 is 22.5 Å². The van der Waals surface area contributed by atoms with Crippen LogP contribution in [0.2, 0.25) is 0 Å². The molecule has 106 valence electrons. The minimum Gasteiger partial charge on any atom is -0.480 e. The highest BCUT2D eigenvalue weighted by Crippen LogP contribution is 2.19. The molecule has 0 aliphatic heterocycles. The summed E-state index contributed by atoms with van der Waals surface area (Å²) in [4.78, 5) is 10.7. The number of aryl methyl sites for hydroxylation is 1. The lowest BCUT2D eigenvalue weighted by atomic mass is 10.1. The van der Waals surface area contributed by atoms with Crippen molar-refractivity contribution in [2.24, 2.45) is 0 Å². The topological polar surface area (TPSA) is 74.7 Å². The number of rotatable bonds is 7. The van der Waals surface area contributed by atoms with Crippen LogP contribution in [0.3, 0.4) is 0 Å². The second-order valence-corrected chi connectivity index (χ2v) is 6.34. The second kappa shape index (κ2) is 6.56. The van der Waals surface area contributed by atoms with Crippen LogP contribution in [0.15, 0.2) is 24.3 Å². The summed E-state index contributed by atoms with van der Waals surface area (Å²) >= 11 is 0. The van der Waals surface area contributed by atoms with Crippen molar-refractivity contribution < 1.29 is 18.3 Å². The number of hydrogen-bond acceptors (Lipinski definition) is 3. The van der Waals surface area contributed by atoms with Crippen molar-refractivity contribution in [2.45, 2.75) is 26.2 Å². The number of carbonyl (C=O) groups is 1. The first-order valence-electron chi connectivity index (χ1n) is 6.13. The van der Waals surface area contributed by atoms with Gasteiger partial charge in [0.1, 0.15) is 6.54 Å². The van der Waals surface area contributed by atoms with Gasteiger partial charge in [0.25, 0.3) is 0 Å². The van der Waals surface area contributed by atoms with E-state index >= 15 is 0 Å². The van der Waals surface area contributed by atoms with Crippen molar-refractivity contribution in [3.05, 3.63) is 29.8 Å². The standard InChI is InChI=1S/C13H19NO4S/c1-3-4-5-11-6-8-12(9-7-11)14(10-13(15)16)19(2,17)18/h6-9H,3-5,10H2,1-2H3,(H,15,16). The van der Waals surface area contributed by atoms with Crippen molar-refractivity contribution in [1.82, 2.24) is 0 Å². The van der Waals surface area contributed by atoms with Gasteiger partial charge in [0.2, 0.25) is 10.0 Å². The summed E-state index contributed by atoms with van der Waals surface area (Å²) in [5.74, 6) is -1.18. The molecule has 6 heteroatoms. The highest BCUT2D eigenvalue weighted by Gasteiger charge is 2.20. The zero-order valence-electron chi connectivity index (χ0n) is 11.2. The molecule has 1 aromatic rings. The Morgan fingerprint density at radius 1 is 1.26 bits per heavy atom. The van der Waals surface area contributed by atoms with Crippen molar-refractivity contribution in [1.29, 1.82) is 0 Å². The molecule has 0 saturated carbocycles. The van der Waals surface area contributed by atoms with Crippen LogP contribution in [0.4, 0.5) is 5.69 Å². The van der Waals surface area contributed by atoms with Crippen molar-refractivity contribution >= 4 is 21.7 Å². The molecule has 0 unspecified atom stereocenters. The molecule has 0 fully saturated rings. The number of carboxylic acids is 1. The summed E-state index contributed by atoms with van der Waals surface area (Å²) in [6, 6.07) is 6.97. The van der Waals surface area contributed by atoms with Gasteiger partial charge in [-0.3, -0.25) is 9.10 Å². The number of anilines is 1. The molecule has 0 amide bonds. The Balaban J connectivity index is 2.94. The molecule has 0 heterocycles. The van der Waals surface area contributed by atoms with E-state index in [0.717, 1.165) is 35.4 Å². The van der Waals surface area contributed by atoms with Crippen molar-refractivity contribution in [3.63, 3.8) is 0 Å². The highest BCUT2D eigenvalue weighted by molar-refractivity contribution is 7.92. The molecule has 0 bridgehead atoms. The van der Waals surface area contributed by atoms with Crippen molar-refractivity contribution in [3.8, 4) is 0 Å². The van der Waals surface area contributed by atoms with Gasteiger partial charge in [-0.05, 0) is 30.5 Å². The number of nitrogens with zero attached hydrogens (tertiary/aromatic N) is 1. The summed E-state index contributed by atoms with van der Waals surface area (Å²) in [6.45, 7) is 1.54. The maximum atomic E-state index is 11.6. The summed E-state index contributed by atoms with van der Waals surface area (Å²) in [5, 5.41) is 8.77. The van der Waals surface area contributed by atoms with Crippen LogP contribution in [0.25, 0.3) is 0 Å². The molecule has 5 nitrogen and oxygen atoms in total. The first-order valence-corrected chi connectivity index (χ1v) is 7.98. The SMILES string of the molecule is CCCCc1ccc(N(CC(=O)O)S(C)(=O)=O)cc1. The zero-order chi connectivity index (χ0) is 14.5. The minimum atomic E-state index is -3.59. The van der Waals surface area contributed by atoms with Gasteiger partial charge in [-0.1, -0.05) is 25.5 Å². The van der Waals surface area contributed by atoms with Gasteiger partial charge >= 0.3 is 5.97 Å². The van der Waals surface area contributed by atoms with E-state index in [9.17, 15) is 13.2 Å². The highest BCUT2D eigenvalue weighted by atomic mass is 32.2. The van der Waals surface area contributed by atoms with E-state index in [1.165, 1.54) is 0 Å². The number of unbranched alkanes of at least 4 members (excludes halogenated alkanes) is 1. The fourth-order valence-corrected chi connectivity index (χ4v) is 2.58. The van der Waals surface area contributed by atoms with Crippen LogP contribution < -0.4 is 4.31 Å². The fourth-order valence-electron chi connectivity index (χ4n) is 1.73. The average Bonchev–Trinajstić information content (AvgIpc) is 2.33. The van der Waals surface area contributed by atoms with E-state index in [1.54, 1.807) is 12.1 Å². The predicted molar refractivity (Wildman–Crippen MR) is 74.9 cm³/mol. The van der Waals surface area contributed by atoms with Gasteiger partial charge in [-0.2, -0.15) is 0 Å². The largest absolute Gasteiger partial charge is 0.480 e. The molecular weight excluding hydrogens is 266 g/mol. The third-order valence-corrected chi connectivity index (χ3v) is 3.86. The molecule has 1 N–H and O–H groups in total. The Morgan fingerprint density at radius 2 is 1.84 bits per heavy atom. The Morgan fingerprint density at radius 3 is 2.26 bits per heavy atom. The monoisotopic (exact) mass is 285 g/mol. The van der Waals surface area contributed by atoms with Crippen LogP contribution in [-0.4, -0.2) is 32.3 Å². The number of carboxylic acid groups (broad SMARTS) is 1. The van der Waals surface area contributed by atoms with Crippen LogP contribution in [0.1, 0.15) is 25.3 Å². The van der Waals surface area contributed by atoms with Gasteiger partial charge in [0.15, 0.2) is 0 Å². The first kappa shape index (κ1) is 15.5. The van der Waals surface area contributed by atoms with Gasteiger partial charge < -0.3 is 5.11 Å². The molecule has 1 rings (SSSR count). The zero-order valence-corrected chi connectivity index (χ0v) is 12.0. The van der Waals surface area contributed by atoms with Crippen LogP contribution in [0, 0.1) is 0 Å². The normalized spacial score (nSPS) is 11.3. The van der Waals surface area contributed by atoms with Crippen molar-refractivity contribution in [2.75, 3.05) is 17.1 Å². The van der Waals surface area contributed by atoms with E-state index in [0.29, 0.717) is 5.69 Å². The molecule has 0 spiro atoms. The summed E-state index contributed by atoms with van der Waals surface area (Å²) < 4.78 is 24.1. The number of hydrogen-bond donors (Lipinski definition) is 1. The smallest absolute Gasteiger partial charge is 0.324 e. The van der Waals surface area contributed by atoms with Gasteiger partial charge in [0.05, 0.1) is 11.9 Å². The Labute approximate surface area is 113 Å². The van der Waals surface area contributed by atoms with Gasteiger partial charge in [-0.15, -0.1) is 0 Å². The lowest BCUT2D eigenvalue weighted by molar-refractivity contribution is -0.135. The number of benzene rings is 1. The second-order valence-electron chi connectivity index (χ2n) is 4.43. The Hall–Kier alpha value is -1.56. The van der Waals surface area contributed by atoms with E-state index in [2.05, 4.69) is 6.92 Å². The summed E-state index contributed by atoms with van der Waals surface area (Å²) in [6.07, 6.45) is 4.11. The molecular formula is C13H19NO4S. The van der Waals surface area contributed by atoms with Gasteiger partial charge in [0, 0.05) is 0 Å². The predicted octanol–water partition coefficient (Wildman–Crippen LogP) is 1.88. The quantitative estimate of drug-likeness (QED) is 0.830. The molecule has 0 radical (unpaired) electrons. The summed E-state index contributed by atoms with van der Waals surface area (Å²) in [7, 11) is -3.59. The van der Waals surface area contributed by atoms with Crippen LogP contribution >= 0.6 is 0 Å². The van der Waals surface area contributed by atoms with Gasteiger partial charge in [-0.25, -0.2) is 8.42 Å². The molecule has 0 aliphatic carbocycles. The first-order chi connectivity index (χ1) is 8.84. The Kier molecular flexibility index (Phi) is 5.35. The fraction of sp³-hybridized carbons (Fsp3) is 0.462. The van der Waals surface area contributed by atoms with E-state index in [-0.39, 0.29) is 0 Å². The lowest BCUT2D eigenvalue weighted by Crippen LogP contribution is -2.34. The van der Waals surface area contributed by atoms with Crippen LogP contribution in [0.5, 0.6) is 0 Å². The molecule has 1 aromatic carbocycles. The lowest BCUT2D eigenvalue weighted by Gasteiger charge is -2.20. The average molecular weight is 285 g/mol. The Bertz CT molecular complexity index is 522. The maximum absolute atomic E-state index is 11.6. The summed E-state index contributed by atoms with van der Waals surface area (Å²) in [5.41, 5.74) is 1.50.